The quantitative estimate of drug-likeness (QED) is 0.614. The molecule has 1 amide bonds. The molecule has 2 aromatic carbocycles. The van der Waals surface area contributed by atoms with Gasteiger partial charge in [-0.15, -0.1) is 0 Å². The van der Waals surface area contributed by atoms with Gasteiger partial charge in [0.1, 0.15) is 0 Å². The van der Waals surface area contributed by atoms with E-state index in [1.54, 1.807) is 6.92 Å². The van der Waals surface area contributed by atoms with E-state index in [0.29, 0.717) is 13.1 Å². The van der Waals surface area contributed by atoms with Crippen molar-refractivity contribution < 1.29 is 9.59 Å². The molecule has 2 heterocycles. The molecule has 0 bridgehead atoms. The summed E-state index contributed by atoms with van der Waals surface area (Å²) in [6.45, 7) is 8.68. The summed E-state index contributed by atoms with van der Waals surface area (Å²) in [5, 5.41) is 0. The third kappa shape index (κ3) is 3.88. The number of benzene rings is 2. The molecular weight excluding hydrogens is 374 g/mol. The molecule has 0 spiro atoms. The predicted octanol–water partition coefficient (Wildman–Crippen LogP) is 4.26. The van der Waals surface area contributed by atoms with Crippen LogP contribution in [0.25, 0.3) is 5.69 Å². The molecule has 5 nitrogen and oxygen atoms in total. The van der Waals surface area contributed by atoms with Gasteiger partial charge in [-0.2, -0.15) is 0 Å². The number of rotatable bonds is 4. The Morgan fingerprint density at radius 3 is 1.70 bits per heavy atom. The Bertz CT molecular complexity index is 1040. The molecule has 5 heteroatoms. The lowest BCUT2D eigenvalue weighted by molar-refractivity contribution is 0.0746. The van der Waals surface area contributed by atoms with Gasteiger partial charge in [-0.1, -0.05) is 0 Å². The Morgan fingerprint density at radius 1 is 0.667 bits per heavy atom. The molecule has 0 radical (unpaired) electrons. The van der Waals surface area contributed by atoms with Gasteiger partial charge in [-0.05, 0) is 81.4 Å². The lowest BCUT2D eigenvalue weighted by Gasteiger charge is -2.36. The standard InChI is InChI=1S/C25H27N3O2/c1-18-4-5-19(2)28(18)24-12-8-22(9-13-24)25(30)27-16-14-26(15-17-27)23-10-6-21(7-11-23)20(3)29/h4-13H,14-17H2,1-3H3. The van der Waals surface area contributed by atoms with Gasteiger partial charge in [0.05, 0.1) is 0 Å². The summed E-state index contributed by atoms with van der Waals surface area (Å²) in [6, 6.07) is 19.8. The van der Waals surface area contributed by atoms with Crippen molar-refractivity contribution in [3.63, 3.8) is 0 Å². The summed E-state index contributed by atoms with van der Waals surface area (Å²) in [5.74, 6) is 0.152. The number of amides is 1. The van der Waals surface area contributed by atoms with E-state index in [1.165, 1.54) is 11.4 Å². The minimum atomic E-state index is 0.0741. The minimum absolute atomic E-state index is 0.0741. The fourth-order valence-electron chi connectivity index (χ4n) is 4.09. The van der Waals surface area contributed by atoms with Crippen LogP contribution in [0.1, 0.15) is 39.0 Å². The van der Waals surface area contributed by atoms with Gasteiger partial charge in [0.2, 0.25) is 0 Å². The topological polar surface area (TPSA) is 45.6 Å². The van der Waals surface area contributed by atoms with Crippen molar-refractivity contribution in [3.8, 4) is 5.69 Å². The van der Waals surface area contributed by atoms with E-state index in [-0.39, 0.29) is 11.7 Å². The first kappa shape index (κ1) is 20.0. The number of hydrogen-bond donors (Lipinski definition) is 0. The fourth-order valence-corrected chi connectivity index (χ4v) is 4.09. The molecule has 0 aliphatic carbocycles. The van der Waals surface area contributed by atoms with Crippen LogP contribution in [-0.2, 0) is 0 Å². The second kappa shape index (κ2) is 8.19. The van der Waals surface area contributed by atoms with E-state index in [0.717, 1.165) is 35.6 Å². The SMILES string of the molecule is CC(=O)c1ccc(N2CCN(C(=O)c3ccc(-n4c(C)ccc4C)cc3)CC2)cc1. The van der Waals surface area contributed by atoms with E-state index in [9.17, 15) is 9.59 Å². The monoisotopic (exact) mass is 401 g/mol. The van der Waals surface area contributed by atoms with Crippen LogP contribution in [0.3, 0.4) is 0 Å². The normalized spacial score (nSPS) is 14.1. The summed E-state index contributed by atoms with van der Waals surface area (Å²) in [6.07, 6.45) is 0. The first-order valence-corrected chi connectivity index (χ1v) is 10.3. The molecule has 4 rings (SSSR count). The van der Waals surface area contributed by atoms with Crippen molar-refractivity contribution in [2.75, 3.05) is 31.1 Å². The number of aromatic nitrogens is 1. The van der Waals surface area contributed by atoms with E-state index >= 15 is 0 Å². The second-order valence-corrected chi connectivity index (χ2v) is 7.88. The van der Waals surface area contributed by atoms with Crippen LogP contribution in [0.5, 0.6) is 0 Å². The molecule has 3 aromatic rings. The molecule has 154 valence electrons. The number of ketones is 1. The maximum absolute atomic E-state index is 13.0. The van der Waals surface area contributed by atoms with Gasteiger partial charge >= 0.3 is 0 Å². The predicted molar refractivity (Wildman–Crippen MR) is 120 cm³/mol. The third-order valence-corrected chi connectivity index (χ3v) is 5.85. The van der Waals surface area contributed by atoms with Crippen molar-refractivity contribution >= 4 is 17.4 Å². The average Bonchev–Trinajstić information content (AvgIpc) is 3.11. The summed E-state index contributed by atoms with van der Waals surface area (Å²) < 4.78 is 2.18. The Hall–Kier alpha value is -3.34. The van der Waals surface area contributed by atoms with Crippen molar-refractivity contribution in [2.24, 2.45) is 0 Å². The summed E-state index contributed by atoms with van der Waals surface area (Å²) in [4.78, 5) is 28.6. The smallest absolute Gasteiger partial charge is 0.253 e. The number of nitrogens with zero attached hydrogens (tertiary/aromatic N) is 3. The molecular formula is C25H27N3O2. The second-order valence-electron chi connectivity index (χ2n) is 7.88. The molecule has 30 heavy (non-hydrogen) atoms. The first-order chi connectivity index (χ1) is 14.4. The van der Waals surface area contributed by atoms with Crippen molar-refractivity contribution in [2.45, 2.75) is 20.8 Å². The van der Waals surface area contributed by atoms with Crippen LogP contribution in [-0.4, -0.2) is 47.3 Å². The number of carbonyl (C=O) groups is 2. The Labute approximate surface area is 177 Å². The van der Waals surface area contributed by atoms with Crippen molar-refractivity contribution in [3.05, 3.63) is 83.2 Å². The fraction of sp³-hybridized carbons (Fsp3) is 0.280. The maximum atomic E-state index is 13.0. The van der Waals surface area contributed by atoms with Gasteiger partial charge in [-0.3, -0.25) is 9.59 Å². The largest absolute Gasteiger partial charge is 0.368 e. The lowest BCUT2D eigenvalue weighted by atomic mass is 10.1. The summed E-state index contributed by atoms with van der Waals surface area (Å²) >= 11 is 0. The van der Waals surface area contributed by atoms with Crippen molar-refractivity contribution in [1.82, 2.24) is 9.47 Å². The molecule has 1 aliphatic rings. The van der Waals surface area contributed by atoms with Gasteiger partial charge < -0.3 is 14.4 Å². The molecule has 1 aromatic heterocycles. The molecule has 1 saturated heterocycles. The van der Waals surface area contributed by atoms with Gasteiger partial charge in [-0.25, -0.2) is 0 Å². The average molecular weight is 402 g/mol. The van der Waals surface area contributed by atoms with Gasteiger partial charge in [0.15, 0.2) is 5.78 Å². The number of anilines is 1. The number of hydrogen-bond acceptors (Lipinski definition) is 3. The van der Waals surface area contributed by atoms with E-state index in [2.05, 4.69) is 35.4 Å². The summed E-state index contributed by atoms with van der Waals surface area (Å²) in [7, 11) is 0. The van der Waals surface area contributed by atoms with Crippen LogP contribution in [0.15, 0.2) is 60.7 Å². The van der Waals surface area contributed by atoms with Crippen LogP contribution < -0.4 is 4.90 Å². The highest BCUT2D eigenvalue weighted by Gasteiger charge is 2.22. The van der Waals surface area contributed by atoms with Crippen LogP contribution in [0, 0.1) is 13.8 Å². The van der Waals surface area contributed by atoms with Crippen LogP contribution >= 0.6 is 0 Å². The zero-order valence-electron chi connectivity index (χ0n) is 17.8. The zero-order valence-corrected chi connectivity index (χ0v) is 17.8. The zero-order chi connectivity index (χ0) is 21.3. The number of piperazine rings is 1. The lowest BCUT2D eigenvalue weighted by Crippen LogP contribution is -2.48. The van der Waals surface area contributed by atoms with E-state index in [1.807, 2.05) is 53.4 Å². The maximum Gasteiger partial charge on any atom is 0.253 e. The van der Waals surface area contributed by atoms with Gasteiger partial charge in [0.25, 0.3) is 5.91 Å². The Balaban J connectivity index is 1.40. The molecule has 0 unspecified atom stereocenters. The first-order valence-electron chi connectivity index (χ1n) is 10.3. The van der Waals surface area contributed by atoms with Gasteiger partial charge in [0, 0.05) is 60.1 Å². The minimum Gasteiger partial charge on any atom is -0.368 e. The Morgan fingerprint density at radius 2 is 1.17 bits per heavy atom. The van der Waals surface area contributed by atoms with Crippen molar-refractivity contribution in [1.29, 1.82) is 0 Å². The highest BCUT2D eigenvalue weighted by Crippen LogP contribution is 2.20. The highest BCUT2D eigenvalue weighted by molar-refractivity contribution is 5.95. The molecule has 0 atom stereocenters. The molecule has 0 N–H and O–H groups in total. The summed E-state index contributed by atoms with van der Waals surface area (Å²) in [5.41, 5.74) is 5.97. The number of aryl methyl sites for hydroxylation is 2. The molecule has 1 aliphatic heterocycles. The third-order valence-electron chi connectivity index (χ3n) is 5.85. The van der Waals surface area contributed by atoms with Crippen LogP contribution in [0.4, 0.5) is 5.69 Å². The number of carbonyl (C=O) groups excluding carboxylic acids is 2. The highest BCUT2D eigenvalue weighted by atomic mass is 16.2. The molecule has 1 fully saturated rings. The number of Topliss-reactive ketones (excluding diaryl/α,β-unsaturated/α-hetero) is 1. The van der Waals surface area contributed by atoms with Crippen LogP contribution in [0.2, 0.25) is 0 Å². The van der Waals surface area contributed by atoms with E-state index < -0.39 is 0 Å². The molecule has 0 saturated carbocycles. The Kier molecular flexibility index (Phi) is 5.44. The van der Waals surface area contributed by atoms with E-state index in [4.69, 9.17) is 0 Å².